The van der Waals surface area contributed by atoms with Crippen LogP contribution in [0.15, 0.2) is 24.4 Å². The molecule has 0 saturated heterocycles. The molecule has 4 heteroatoms. The zero-order valence-corrected chi connectivity index (χ0v) is 10.3. The SMILES string of the molecule is CNc1nc(C)cn1-c1ccc(C)c(Cl)c1. The predicted molar refractivity (Wildman–Crippen MR) is 67.6 cm³/mol. The van der Waals surface area contributed by atoms with Crippen LogP contribution in [-0.4, -0.2) is 16.6 Å². The number of rotatable bonds is 2. The van der Waals surface area contributed by atoms with Crippen LogP contribution in [0.3, 0.4) is 0 Å². The third kappa shape index (κ3) is 1.91. The highest BCUT2D eigenvalue weighted by atomic mass is 35.5. The number of anilines is 1. The lowest BCUT2D eigenvalue weighted by Gasteiger charge is -2.08. The highest BCUT2D eigenvalue weighted by molar-refractivity contribution is 6.31. The third-order valence-corrected chi connectivity index (χ3v) is 2.89. The molecule has 0 bridgehead atoms. The van der Waals surface area contributed by atoms with Gasteiger partial charge < -0.3 is 5.32 Å². The monoisotopic (exact) mass is 235 g/mol. The van der Waals surface area contributed by atoms with Crippen molar-refractivity contribution in [1.29, 1.82) is 0 Å². The van der Waals surface area contributed by atoms with Crippen molar-refractivity contribution in [1.82, 2.24) is 9.55 Å². The Kier molecular flexibility index (Phi) is 2.88. The van der Waals surface area contributed by atoms with Crippen LogP contribution in [0, 0.1) is 13.8 Å². The lowest BCUT2D eigenvalue weighted by Crippen LogP contribution is -2.00. The van der Waals surface area contributed by atoms with Gasteiger partial charge in [0.15, 0.2) is 0 Å². The molecule has 1 aromatic heterocycles. The average molecular weight is 236 g/mol. The molecule has 84 valence electrons. The number of benzene rings is 1. The van der Waals surface area contributed by atoms with Crippen molar-refractivity contribution in [2.24, 2.45) is 0 Å². The molecule has 0 aliphatic heterocycles. The molecule has 0 saturated carbocycles. The second-order valence-corrected chi connectivity index (χ2v) is 4.17. The highest BCUT2D eigenvalue weighted by Gasteiger charge is 2.06. The number of aryl methyl sites for hydroxylation is 2. The molecule has 0 atom stereocenters. The van der Waals surface area contributed by atoms with E-state index < -0.39 is 0 Å². The van der Waals surface area contributed by atoms with E-state index in [1.807, 2.05) is 49.9 Å². The van der Waals surface area contributed by atoms with Crippen molar-refractivity contribution in [3.05, 3.63) is 40.7 Å². The minimum Gasteiger partial charge on any atom is -0.358 e. The second-order valence-electron chi connectivity index (χ2n) is 3.76. The van der Waals surface area contributed by atoms with Crippen molar-refractivity contribution in [3.63, 3.8) is 0 Å². The standard InChI is InChI=1S/C12H14ClN3/c1-8-4-5-10(6-11(8)13)16-7-9(2)15-12(16)14-3/h4-7H,1-3H3,(H,14,15). The predicted octanol–water partition coefficient (Wildman–Crippen LogP) is 3.18. The van der Waals surface area contributed by atoms with Gasteiger partial charge in [-0.25, -0.2) is 4.98 Å². The van der Waals surface area contributed by atoms with Gasteiger partial charge in [0.05, 0.1) is 5.69 Å². The zero-order chi connectivity index (χ0) is 11.7. The van der Waals surface area contributed by atoms with E-state index in [0.29, 0.717) is 0 Å². The molecular formula is C12H14ClN3. The largest absolute Gasteiger partial charge is 0.358 e. The Morgan fingerprint density at radius 1 is 1.31 bits per heavy atom. The summed E-state index contributed by atoms with van der Waals surface area (Å²) < 4.78 is 1.99. The molecule has 0 fully saturated rings. The summed E-state index contributed by atoms with van der Waals surface area (Å²) in [7, 11) is 1.86. The first-order chi connectivity index (χ1) is 7.61. The number of halogens is 1. The van der Waals surface area contributed by atoms with Crippen LogP contribution in [0.5, 0.6) is 0 Å². The Balaban J connectivity index is 2.53. The Morgan fingerprint density at radius 2 is 2.06 bits per heavy atom. The molecule has 0 aliphatic rings. The molecule has 1 heterocycles. The van der Waals surface area contributed by atoms with Gasteiger partial charge >= 0.3 is 0 Å². The molecule has 1 N–H and O–H groups in total. The fraction of sp³-hybridized carbons (Fsp3) is 0.250. The fourth-order valence-corrected chi connectivity index (χ4v) is 1.78. The molecule has 2 rings (SSSR count). The van der Waals surface area contributed by atoms with Crippen molar-refractivity contribution in [3.8, 4) is 5.69 Å². The van der Waals surface area contributed by atoms with Gasteiger partial charge in [-0.05, 0) is 31.5 Å². The van der Waals surface area contributed by atoms with Crippen LogP contribution >= 0.6 is 11.6 Å². The summed E-state index contributed by atoms with van der Waals surface area (Å²) in [6, 6.07) is 5.98. The summed E-state index contributed by atoms with van der Waals surface area (Å²) in [4.78, 5) is 4.37. The van der Waals surface area contributed by atoms with E-state index in [4.69, 9.17) is 11.6 Å². The Bertz CT molecular complexity index is 517. The maximum absolute atomic E-state index is 6.11. The van der Waals surface area contributed by atoms with E-state index in [0.717, 1.165) is 27.9 Å². The quantitative estimate of drug-likeness (QED) is 0.867. The van der Waals surface area contributed by atoms with E-state index in [2.05, 4.69) is 10.3 Å². The third-order valence-electron chi connectivity index (χ3n) is 2.48. The number of nitrogens with one attached hydrogen (secondary N) is 1. The van der Waals surface area contributed by atoms with Gasteiger partial charge in [0, 0.05) is 24.0 Å². The van der Waals surface area contributed by atoms with Crippen LogP contribution in [0.2, 0.25) is 5.02 Å². The highest BCUT2D eigenvalue weighted by Crippen LogP contribution is 2.22. The van der Waals surface area contributed by atoms with Crippen LogP contribution in [0.1, 0.15) is 11.3 Å². The molecule has 2 aromatic rings. The maximum atomic E-state index is 6.11. The Morgan fingerprint density at radius 3 is 2.69 bits per heavy atom. The van der Waals surface area contributed by atoms with Crippen molar-refractivity contribution >= 4 is 17.5 Å². The minimum absolute atomic E-state index is 0.769. The summed E-state index contributed by atoms with van der Waals surface area (Å²) in [6.07, 6.45) is 1.98. The Hall–Kier alpha value is -1.48. The summed E-state index contributed by atoms with van der Waals surface area (Å²) in [5.74, 6) is 0.817. The summed E-state index contributed by atoms with van der Waals surface area (Å²) >= 11 is 6.11. The van der Waals surface area contributed by atoms with Crippen LogP contribution in [0.25, 0.3) is 5.69 Å². The smallest absolute Gasteiger partial charge is 0.207 e. The summed E-state index contributed by atoms with van der Waals surface area (Å²) in [6.45, 7) is 3.96. The first-order valence-electron chi connectivity index (χ1n) is 5.12. The first kappa shape index (κ1) is 11.0. The average Bonchev–Trinajstić information content (AvgIpc) is 2.63. The van der Waals surface area contributed by atoms with E-state index in [9.17, 15) is 0 Å². The lowest BCUT2D eigenvalue weighted by atomic mass is 10.2. The van der Waals surface area contributed by atoms with Gasteiger partial charge in [-0.2, -0.15) is 0 Å². The summed E-state index contributed by atoms with van der Waals surface area (Å²) in [5.41, 5.74) is 3.06. The van der Waals surface area contributed by atoms with Crippen molar-refractivity contribution in [2.75, 3.05) is 12.4 Å². The fourth-order valence-electron chi connectivity index (χ4n) is 1.60. The van der Waals surface area contributed by atoms with Crippen LogP contribution in [0.4, 0.5) is 5.95 Å². The van der Waals surface area contributed by atoms with Crippen LogP contribution in [-0.2, 0) is 0 Å². The topological polar surface area (TPSA) is 29.9 Å². The van der Waals surface area contributed by atoms with E-state index in [1.54, 1.807) is 0 Å². The molecule has 3 nitrogen and oxygen atoms in total. The van der Waals surface area contributed by atoms with Gasteiger partial charge in [-0.3, -0.25) is 4.57 Å². The number of imidazole rings is 1. The molecule has 1 aromatic carbocycles. The normalized spacial score (nSPS) is 10.5. The molecule has 16 heavy (non-hydrogen) atoms. The van der Waals surface area contributed by atoms with Gasteiger partial charge in [-0.1, -0.05) is 17.7 Å². The minimum atomic E-state index is 0.769. The van der Waals surface area contributed by atoms with Crippen molar-refractivity contribution < 1.29 is 0 Å². The molecule has 0 unspecified atom stereocenters. The molecule has 0 aliphatic carbocycles. The van der Waals surface area contributed by atoms with Gasteiger partial charge in [0.1, 0.15) is 0 Å². The number of hydrogen-bond acceptors (Lipinski definition) is 2. The van der Waals surface area contributed by atoms with Crippen LogP contribution < -0.4 is 5.32 Å². The van der Waals surface area contributed by atoms with E-state index in [1.165, 1.54) is 0 Å². The Labute approximate surface area is 100 Å². The van der Waals surface area contributed by atoms with Crippen molar-refractivity contribution in [2.45, 2.75) is 13.8 Å². The lowest BCUT2D eigenvalue weighted by molar-refractivity contribution is 1.05. The summed E-state index contributed by atoms with van der Waals surface area (Å²) in [5, 5.41) is 3.83. The van der Waals surface area contributed by atoms with Gasteiger partial charge in [0.25, 0.3) is 0 Å². The van der Waals surface area contributed by atoms with E-state index in [-0.39, 0.29) is 0 Å². The van der Waals surface area contributed by atoms with Gasteiger partial charge in [0.2, 0.25) is 5.95 Å². The first-order valence-corrected chi connectivity index (χ1v) is 5.50. The maximum Gasteiger partial charge on any atom is 0.207 e. The molecule has 0 amide bonds. The van der Waals surface area contributed by atoms with E-state index >= 15 is 0 Å². The zero-order valence-electron chi connectivity index (χ0n) is 9.58. The second kappa shape index (κ2) is 4.18. The number of nitrogens with zero attached hydrogens (tertiary/aromatic N) is 2. The number of aromatic nitrogens is 2. The van der Waals surface area contributed by atoms with Gasteiger partial charge in [-0.15, -0.1) is 0 Å². The molecule has 0 spiro atoms. The molecular weight excluding hydrogens is 222 g/mol. The number of hydrogen-bond donors (Lipinski definition) is 1. The molecule has 0 radical (unpaired) electrons.